The van der Waals surface area contributed by atoms with E-state index in [9.17, 15) is 0 Å². The Kier molecular flexibility index (Phi) is 4.79. The topological polar surface area (TPSA) is 18.5 Å². The van der Waals surface area contributed by atoms with Crippen molar-refractivity contribution >= 4 is 23.2 Å². The molecule has 106 valence electrons. The molecule has 0 aliphatic heterocycles. The largest absolute Gasteiger partial charge is 0.493 e. The third-order valence-corrected chi connectivity index (χ3v) is 4.04. The van der Waals surface area contributed by atoms with Crippen LogP contribution in [0.25, 0.3) is 0 Å². The molecular formula is C16H16Cl2O2. The van der Waals surface area contributed by atoms with Crippen molar-refractivity contribution in [3.63, 3.8) is 0 Å². The Balaban J connectivity index is 2.50. The maximum Gasteiger partial charge on any atom is 0.161 e. The summed E-state index contributed by atoms with van der Waals surface area (Å²) in [7, 11) is 3.22. The number of halogens is 2. The summed E-state index contributed by atoms with van der Waals surface area (Å²) in [6.45, 7) is 1.99. The van der Waals surface area contributed by atoms with E-state index in [2.05, 4.69) is 0 Å². The molecule has 0 heterocycles. The zero-order valence-corrected chi connectivity index (χ0v) is 13.1. The second-order valence-electron chi connectivity index (χ2n) is 4.45. The lowest BCUT2D eigenvalue weighted by Gasteiger charge is -2.17. The zero-order valence-electron chi connectivity index (χ0n) is 11.6. The first-order valence-electron chi connectivity index (χ1n) is 6.19. The van der Waals surface area contributed by atoms with Crippen LogP contribution in [0.5, 0.6) is 11.5 Å². The number of aryl methyl sites for hydroxylation is 1. The summed E-state index contributed by atoms with van der Waals surface area (Å²) in [6, 6.07) is 11.4. The lowest BCUT2D eigenvalue weighted by Crippen LogP contribution is -2.00. The number of methoxy groups -OCH3 is 2. The van der Waals surface area contributed by atoms with Crippen molar-refractivity contribution in [2.75, 3.05) is 14.2 Å². The molecule has 0 spiro atoms. The Hall–Kier alpha value is -1.38. The van der Waals surface area contributed by atoms with Gasteiger partial charge >= 0.3 is 0 Å². The van der Waals surface area contributed by atoms with Crippen LogP contribution < -0.4 is 9.47 Å². The van der Waals surface area contributed by atoms with Gasteiger partial charge in [-0.1, -0.05) is 29.8 Å². The zero-order chi connectivity index (χ0) is 14.7. The Morgan fingerprint density at radius 3 is 2.15 bits per heavy atom. The molecule has 0 radical (unpaired) electrons. The van der Waals surface area contributed by atoms with E-state index < -0.39 is 0 Å². The van der Waals surface area contributed by atoms with Crippen LogP contribution in [-0.2, 0) is 0 Å². The smallest absolute Gasteiger partial charge is 0.161 e. The first-order chi connectivity index (χ1) is 9.58. The molecule has 0 aliphatic rings. The number of alkyl halides is 1. The van der Waals surface area contributed by atoms with E-state index in [0.717, 1.165) is 16.7 Å². The van der Waals surface area contributed by atoms with Crippen LogP contribution in [0.4, 0.5) is 0 Å². The monoisotopic (exact) mass is 310 g/mol. The molecule has 0 saturated heterocycles. The predicted molar refractivity (Wildman–Crippen MR) is 83.4 cm³/mol. The van der Waals surface area contributed by atoms with Crippen molar-refractivity contribution in [1.82, 2.24) is 0 Å². The molecule has 1 unspecified atom stereocenters. The van der Waals surface area contributed by atoms with Crippen LogP contribution in [-0.4, -0.2) is 14.2 Å². The van der Waals surface area contributed by atoms with E-state index in [0.29, 0.717) is 16.5 Å². The number of ether oxygens (including phenoxy) is 2. The fraction of sp³-hybridized carbons (Fsp3) is 0.250. The standard InChI is InChI=1S/C16H16Cl2O2/c1-10-8-14(19-2)15(20-3)9-12(10)16(18)11-6-4-5-7-13(11)17/h4-9,16H,1-3H3. The minimum Gasteiger partial charge on any atom is -0.493 e. The van der Waals surface area contributed by atoms with E-state index in [1.54, 1.807) is 14.2 Å². The molecule has 2 rings (SSSR count). The normalized spacial score (nSPS) is 12.1. The van der Waals surface area contributed by atoms with Gasteiger partial charge in [-0.3, -0.25) is 0 Å². The van der Waals surface area contributed by atoms with Crippen molar-refractivity contribution in [1.29, 1.82) is 0 Å². The van der Waals surface area contributed by atoms with Crippen LogP contribution in [0.2, 0.25) is 5.02 Å². The number of hydrogen-bond donors (Lipinski definition) is 0. The molecule has 0 saturated carbocycles. The van der Waals surface area contributed by atoms with Gasteiger partial charge in [0.05, 0.1) is 19.6 Å². The number of rotatable bonds is 4. The summed E-state index contributed by atoms with van der Waals surface area (Å²) < 4.78 is 10.6. The van der Waals surface area contributed by atoms with Gasteiger partial charge in [-0.25, -0.2) is 0 Å². The molecular weight excluding hydrogens is 295 g/mol. The lowest BCUT2D eigenvalue weighted by atomic mass is 9.99. The van der Waals surface area contributed by atoms with Gasteiger partial charge in [0, 0.05) is 5.02 Å². The molecule has 2 aromatic rings. The van der Waals surface area contributed by atoms with Crippen molar-refractivity contribution in [3.05, 3.63) is 58.1 Å². The third kappa shape index (κ3) is 2.87. The van der Waals surface area contributed by atoms with Crippen LogP contribution in [0, 0.1) is 6.92 Å². The molecule has 2 nitrogen and oxygen atoms in total. The van der Waals surface area contributed by atoms with Crippen LogP contribution in [0.15, 0.2) is 36.4 Å². The minimum atomic E-state index is -0.330. The van der Waals surface area contributed by atoms with Crippen molar-refractivity contribution < 1.29 is 9.47 Å². The van der Waals surface area contributed by atoms with Crippen molar-refractivity contribution in [2.45, 2.75) is 12.3 Å². The fourth-order valence-electron chi connectivity index (χ4n) is 2.12. The quantitative estimate of drug-likeness (QED) is 0.740. The Labute approximate surface area is 129 Å². The van der Waals surface area contributed by atoms with Gasteiger partial charge in [0.15, 0.2) is 11.5 Å². The van der Waals surface area contributed by atoms with E-state index in [1.807, 2.05) is 43.3 Å². The molecule has 2 aromatic carbocycles. The highest BCUT2D eigenvalue weighted by Crippen LogP contribution is 2.39. The molecule has 0 N–H and O–H groups in total. The van der Waals surface area contributed by atoms with Crippen molar-refractivity contribution in [3.8, 4) is 11.5 Å². The minimum absolute atomic E-state index is 0.330. The van der Waals surface area contributed by atoms with Gasteiger partial charge in [-0.05, 0) is 41.8 Å². The molecule has 0 aromatic heterocycles. The fourth-order valence-corrected chi connectivity index (χ4v) is 2.84. The van der Waals surface area contributed by atoms with Gasteiger partial charge < -0.3 is 9.47 Å². The first-order valence-corrected chi connectivity index (χ1v) is 7.01. The highest BCUT2D eigenvalue weighted by atomic mass is 35.5. The summed E-state index contributed by atoms with van der Waals surface area (Å²) in [5, 5.41) is 0.324. The summed E-state index contributed by atoms with van der Waals surface area (Å²) in [5.74, 6) is 1.35. The molecule has 4 heteroatoms. The van der Waals surface area contributed by atoms with Crippen LogP contribution >= 0.6 is 23.2 Å². The van der Waals surface area contributed by atoms with E-state index in [-0.39, 0.29) is 5.38 Å². The molecule has 0 aliphatic carbocycles. The average molecular weight is 311 g/mol. The SMILES string of the molecule is COc1cc(C)c(C(Cl)c2ccccc2Cl)cc1OC. The Morgan fingerprint density at radius 2 is 1.55 bits per heavy atom. The molecule has 0 bridgehead atoms. The Bertz CT molecular complexity index is 611. The summed E-state index contributed by atoms with van der Waals surface area (Å²) in [4.78, 5) is 0. The van der Waals surface area contributed by atoms with Crippen LogP contribution in [0.3, 0.4) is 0 Å². The van der Waals surface area contributed by atoms with Gasteiger partial charge in [0.2, 0.25) is 0 Å². The number of hydrogen-bond acceptors (Lipinski definition) is 2. The maximum absolute atomic E-state index is 6.59. The average Bonchev–Trinajstić information content (AvgIpc) is 2.46. The maximum atomic E-state index is 6.59. The summed E-state index contributed by atoms with van der Waals surface area (Å²) in [5.41, 5.74) is 2.87. The first kappa shape index (κ1) is 15.0. The Morgan fingerprint density at radius 1 is 0.950 bits per heavy atom. The van der Waals surface area contributed by atoms with Gasteiger partial charge in [-0.2, -0.15) is 0 Å². The van der Waals surface area contributed by atoms with E-state index in [4.69, 9.17) is 32.7 Å². The van der Waals surface area contributed by atoms with Crippen LogP contribution in [0.1, 0.15) is 22.1 Å². The summed E-state index contributed by atoms with van der Waals surface area (Å²) in [6.07, 6.45) is 0. The molecule has 0 amide bonds. The second-order valence-corrected chi connectivity index (χ2v) is 5.29. The van der Waals surface area contributed by atoms with Crippen molar-refractivity contribution in [2.24, 2.45) is 0 Å². The predicted octanol–water partition coefficient (Wildman–Crippen LogP) is 4.99. The highest BCUT2D eigenvalue weighted by molar-refractivity contribution is 6.33. The summed E-state index contributed by atoms with van der Waals surface area (Å²) >= 11 is 12.8. The van der Waals surface area contributed by atoms with Gasteiger partial charge in [0.25, 0.3) is 0 Å². The third-order valence-electron chi connectivity index (χ3n) is 3.22. The van der Waals surface area contributed by atoms with E-state index in [1.165, 1.54) is 0 Å². The van der Waals surface area contributed by atoms with E-state index >= 15 is 0 Å². The van der Waals surface area contributed by atoms with Gasteiger partial charge in [-0.15, -0.1) is 11.6 Å². The highest BCUT2D eigenvalue weighted by Gasteiger charge is 2.18. The molecule has 0 fully saturated rings. The second kappa shape index (κ2) is 6.38. The molecule has 1 atom stereocenters. The molecule has 20 heavy (non-hydrogen) atoms. The van der Waals surface area contributed by atoms with Gasteiger partial charge in [0.1, 0.15) is 0 Å². The number of benzene rings is 2. The lowest BCUT2D eigenvalue weighted by molar-refractivity contribution is 0.354.